The number of hydrogen-bond acceptors (Lipinski definition) is 5. The molecular formula is C16H17N3O3. The second kappa shape index (κ2) is 7.21. The van der Waals surface area contributed by atoms with Gasteiger partial charge in [0.2, 0.25) is 0 Å². The molecule has 2 aromatic rings. The lowest BCUT2D eigenvalue weighted by Crippen LogP contribution is -2.12. The van der Waals surface area contributed by atoms with E-state index in [-0.39, 0.29) is 12.3 Å². The van der Waals surface area contributed by atoms with E-state index < -0.39 is 4.92 Å². The van der Waals surface area contributed by atoms with Crippen molar-refractivity contribution in [2.24, 2.45) is 5.10 Å². The Morgan fingerprint density at radius 2 is 2.00 bits per heavy atom. The van der Waals surface area contributed by atoms with Crippen molar-refractivity contribution in [1.29, 1.82) is 0 Å². The highest BCUT2D eigenvalue weighted by atomic mass is 16.6. The molecule has 114 valence electrons. The number of ether oxygens (including phenoxy) is 1. The fourth-order valence-electron chi connectivity index (χ4n) is 1.99. The van der Waals surface area contributed by atoms with E-state index in [1.54, 1.807) is 20.1 Å². The Morgan fingerprint density at radius 3 is 2.59 bits per heavy atom. The minimum Gasteiger partial charge on any atom is -0.497 e. The van der Waals surface area contributed by atoms with E-state index >= 15 is 0 Å². The van der Waals surface area contributed by atoms with Crippen LogP contribution < -0.4 is 10.2 Å². The first-order valence-electron chi connectivity index (χ1n) is 6.86. The Bertz CT molecular complexity index is 684. The summed E-state index contributed by atoms with van der Waals surface area (Å²) in [6, 6.07) is 15.2. The zero-order chi connectivity index (χ0) is 15.9. The van der Waals surface area contributed by atoms with Crippen LogP contribution >= 0.6 is 0 Å². The summed E-state index contributed by atoms with van der Waals surface area (Å²) in [7, 11) is 1.57. The minimum atomic E-state index is -0.491. The number of methoxy groups -OCH3 is 1. The number of anilines is 1. The molecule has 0 bridgehead atoms. The molecule has 0 radical (unpaired) electrons. The summed E-state index contributed by atoms with van der Waals surface area (Å²) in [5.41, 5.74) is 5.32. The second-order valence-corrected chi connectivity index (χ2v) is 4.53. The molecule has 0 spiro atoms. The zero-order valence-corrected chi connectivity index (χ0v) is 12.4. The molecule has 0 saturated heterocycles. The third-order valence-electron chi connectivity index (χ3n) is 3.14. The number of amidine groups is 1. The minimum absolute atomic E-state index is 0.123. The Morgan fingerprint density at radius 1 is 1.27 bits per heavy atom. The maximum Gasteiger partial charge on any atom is 0.363 e. The molecule has 0 saturated carbocycles. The molecule has 2 rings (SSSR count). The van der Waals surface area contributed by atoms with Crippen LogP contribution in [0.3, 0.4) is 0 Å². The second-order valence-electron chi connectivity index (χ2n) is 4.53. The number of benzene rings is 2. The van der Waals surface area contributed by atoms with E-state index in [0.29, 0.717) is 11.4 Å². The predicted molar refractivity (Wildman–Crippen MR) is 86.8 cm³/mol. The van der Waals surface area contributed by atoms with Gasteiger partial charge in [0, 0.05) is 11.6 Å². The van der Waals surface area contributed by atoms with Crippen LogP contribution in [0, 0.1) is 10.1 Å². The predicted octanol–water partition coefficient (Wildman–Crippen LogP) is 3.77. The van der Waals surface area contributed by atoms with Gasteiger partial charge in [-0.25, -0.2) is 0 Å². The van der Waals surface area contributed by atoms with Gasteiger partial charge in [0.05, 0.1) is 24.3 Å². The molecule has 6 heteroatoms. The zero-order valence-electron chi connectivity index (χ0n) is 12.4. The van der Waals surface area contributed by atoms with Gasteiger partial charge >= 0.3 is 5.84 Å². The summed E-state index contributed by atoms with van der Waals surface area (Å²) < 4.78 is 5.20. The molecule has 0 amide bonds. The third-order valence-corrected chi connectivity index (χ3v) is 3.14. The molecule has 2 aromatic carbocycles. The highest BCUT2D eigenvalue weighted by molar-refractivity contribution is 5.81. The molecule has 0 aromatic heterocycles. The summed E-state index contributed by atoms with van der Waals surface area (Å²) in [4.78, 5) is 10.3. The maximum absolute atomic E-state index is 10.8. The van der Waals surface area contributed by atoms with E-state index in [4.69, 9.17) is 4.74 Å². The van der Waals surface area contributed by atoms with Crippen molar-refractivity contribution in [1.82, 2.24) is 0 Å². The summed E-state index contributed by atoms with van der Waals surface area (Å²) in [6.45, 7) is 1.69. The van der Waals surface area contributed by atoms with Crippen LogP contribution in [0.2, 0.25) is 0 Å². The average molecular weight is 299 g/mol. The van der Waals surface area contributed by atoms with Crippen molar-refractivity contribution in [2.75, 3.05) is 12.5 Å². The molecule has 0 heterocycles. The van der Waals surface area contributed by atoms with Crippen molar-refractivity contribution in [3.05, 3.63) is 58.6 Å². The lowest BCUT2D eigenvalue weighted by molar-refractivity contribution is -0.353. The van der Waals surface area contributed by atoms with Crippen LogP contribution in [0.15, 0.2) is 53.6 Å². The van der Waals surface area contributed by atoms with Gasteiger partial charge < -0.3 is 14.9 Å². The maximum atomic E-state index is 10.8. The Hall–Kier alpha value is -2.89. The first-order chi connectivity index (χ1) is 10.7. The highest BCUT2D eigenvalue weighted by Crippen LogP contribution is 2.31. The van der Waals surface area contributed by atoms with Crippen LogP contribution in [0.5, 0.6) is 5.75 Å². The van der Waals surface area contributed by atoms with Crippen molar-refractivity contribution in [3.63, 3.8) is 0 Å². The fourth-order valence-corrected chi connectivity index (χ4v) is 1.99. The van der Waals surface area contributed by atoms with Crippen LogP contribution in [-0.4, -0.2) is 17.9 Å². The smallest absolute Gasteiger partial charge is 0.363 e. The van der Waals surface area contributed by atoms with Gasteiger partial charge in [-0.2, -0.15) is 5.43 Å². The van der Waals surface area contributed by atoms with Gasteiger partial charge in [0.15, 0.2) is 0 Å². The summed E-state index contributed by atoms with van der Waals surface area (Å²) in [5, 5.41) is 14.7. The molecule has 0 aliphatic heterocycles. The molecule has 6 nitrogen and oxygen atoms in total. The Labute approximate surface area is 128 Å². The molecule has 0 atom stereocenters. The molecule has 0 unspecified atom stereocenters. The van der Waals surface area contributed by atoms with Crippen molar-refractivity contribution in [3.8, 4) is 16.9 Å². The fraction of sp³-hybridized carbons (Fsp3) is 0.188. The van der Waals surface area contributed by atoms with E-state index in [9.17, 15) is 10.1 Å². The number of hydrazone groups is 1. The molecule has 22 heavy (non-hydrogen) atoms. The molecule has 1 N–H and O–H groups in total. The standard InChI is InChI=1S/C16H17N3O3/c1-3-16(19(20)21)18-17-15-11-13(22-2)9-10-14(15)12-7-5-4-6-8-12/h4-11,17H,3H2,1-2H3/b18-16-. The van der Waals surface area contributed by atoms with Gasteiger partial charge in [0.25, 0.3) is 0 Å². The average Bonchev–Trinajstić information content (AvgIpc) is 2.55. The molecule has 0 fully saturated rings. The number of nitrogens with zero attached hydrogens (tertiary/aromatic N) is 2. The van der Waals surface area contributed by atoms with Gasteiger partial charge in [-0.1, -0.05) is 37.3 Å². The lowest BCUT2D eigenvalue weighted by atomic mass is 10.0. The van der Waals surface area contributed by atoms with Crippen LogP contribution in [0.1, 0.15) is 13.3 Å². The number of nitrogens with one attached hydrogen (secondary N) is 1. The molecule has 0 aliphatic rings. The summed E-state index contributed by atoms with van der Waals surface area (Å²) in [6.07, 6.45) is 0.241. The molecular weight excluding hydrogens is 282 g/mol. The molecule has 0 aliphatic carbocycles. The van der Waals surface area contributed by atoms with E-state index in [1.165, 1.54) is 0 Å². The Balaban J connectivity index is 2.42. The van der Waals surface area contributed by atoms with E-state index in [1.807, 2.05) is 42.5 Å². The van der Waals surface area contributed by atoms with Crippen molar-refractivity contribution >= 4 is 11.5 Å². The highest BCUT2D eigenvalue weighted by Gasteiger charge is 2.12. The SMILES string of the molecule is CC/C(=N/Nc1cc(OC)ccc1-c1ccccc1)[N+](=O)[O-]. The van der Waals surface area contributed by atoms with Crippen LogP contribution in [-0.2, 0) is 0 Å². The monoisotopic (exact) mass is 299 g/mol. The quantitative estimate of drug-likeness (QED) is 0.394. The summed E-state index contributed by atoms with van der Waals surface area (Å²) >= 11 is 0. The van der Waals surface area contributed by atoms with Crippen molar-refractivity contribution in [2.45, 2.75) is 13.3 Å². The first kappa shape index (κ1) is 15.5. The van der Waals surface area contributed by atoms with E-state index in [2.05, 4.69) is 10.5 Å². The van der Waals surface area contributed by atoms with Crippen LogP contribution in [0.4, 0.5) is 5.69 Å². The number of nitro groups is 1. The normalized spacial score (nSPS) is 11.1. The first-order valence-corrected chi connectivity index (χ1v) is 6.86. The van der Waals surface area contributed by atoms with E-state index in [0.717, 1.165) is 11.1 Å². The van der Waals surface area contributed by atoms with Gasteiger partial charge in [-0.05, 0) is 22.6 Å². The number of hydrogen-bond donors (Lipinski definition) is 1. The largest absolute Gasteiger partial charge is 0.497 e. The topological polar surface area (TPSA) is 76.8 Å². The Kier molecular flexibility index (Phi) is 5.08. The van der Waals surface area contributed by atoms with Gasteiger partial charge in [0.1, 0.15) is 5.75 Å². The van der Waals surface area contributed by atoms with Gasteiger partial charge in [-0.3, -0.25) is 0 Å². The lowest BCUT2D eigenvalue weighted by Gasteiger charge is -2.09. The third kappa shape index (κ3) is 3.60. The van der Waals surface area contributed by atoms with Crippen LogP contribution in [0.25, 0.3) is 11.1 Å². The number of rotatable bonds is 5. The summed E-state index contributed by atoms with van der Waals surface area (Å²) in [5.74, 6) is 0.526. The van der Waals surface area contributed by atoms with Crippen molar-refractivity contribution < 1.29 is 9.66 Å². The van der Waals surface area contributed by atoms with Gasteiger partial charge in [-0.15, -0.1) is 0 Å².